The van der Waals surface area contributed by atoms with Crippen LogP contribution in [0.25, 0.3) is 16.7 Å². The predicted molar refractivity (Wildman–Crippen MR) is 97.8 cm³/mol. The lowest BCUT2D eigenvalue weighted by Gasteiger charge is -2.06. The number of rotatable bonds is 4. The number of carbonyl (C=O) groups is 1. The Morgan fingerprint density at radius 3 is 2.74 bits per heavy atom. The average Bonchev–Trinajstić information content (AvgIpc) is 3.14. The molecule has 1 amide bonds. The minimum absolute atomic E-state index is 0.0285. The van der Waals surface area contributed by atoms with Crippen molar-refractivity contribution in [2.24, 2.45) is 0 Å². The van der Waals surface area contributed by atoms with E-state index < -0.39 is 11.5 Å². The van der Waals surface area contributed by atoms with Crippen molar-refractivity contribution in [3.05, 3.63) is 81.4 Å². The van der Waals surface area contributed by atoms with Crippen LogP contribution < -0.4 is 10.9 Å². The van der Waals surface area contributed by atoms with Crippen molar-refractivity contribution >= 4 is 28.5 Å². The summed E-state index contributed by atoms with van der Waals surface area (Å²) in [5, 5.41) is 15.3. The maximum atomic E-state index is 12.4. The molecule has 2 heterocycles. The first-order valence-corrected chi connectivity index (χ1v) is 8.34. The third kappa shape index (κ3) is 3.42. The molecule has 0 saturated carbocycles. The largest absolute Gasteiger partial charge is 0.422 e. The number of hydrogen-bond acceptors (Lipinski definition) is 6. The van der Waals surface area contributed by atoms with Gasteiger partial charge in [-0.05, 0) is 46.8 Å². The minimum Gasteiger partial charge on any atom is -0.422 e. The van der Waals surface area contributed by atoms with Crippen molar-refractivity contribution in [1.29, 1.82) is 0 Å². The van der Waals surface area contributed by atoms with Crippen molar-refractivity contribution in [3.63, 3.8) is 0 Å². The molecular formula is C18H12ClN5O3. The molecule has 0 aliphatic rings. The monoisotopic (exact) mass is 381 g/mol. The van der Waals surface area contributed by atoms with E-state index in [1.165, 1.54) is 10.7 Å². The lowest BCUT2D eigenvalue weighted by molar-refractivity contribution is 0.0946. The molecule has 134 valence electrons. The molecule has 4 aromatic rings. The molecule has 2 aromatic carbocycles. The Bertz CT molecular complexity index is 1180. The van der Waals surface area contributed by atoms with E-state index in [-0.39, 0.29) is 12.1 Å². The number of tetrazole rings is 1. The van der Waals surface area contributed by atoms with Gasteiger partial charge in [-0.1, -0.05) is 29.8 Å². The second-order valence-electron chi connectivity index (χ2n) is 5.65. The number of carbonyl (C=O) groups excluding carboxylic acids is 1. The number of nitrogens with one attached hydrogen (secondary N) is 1. The average molecular weight is 382 g/mol. The molecule has 8 nitrogen and oxygen atoms in total. The molecule has 1 N–H and O–H groups in total. The highest BCUT2D eigenvalue weighted by Crippen LogP contribution is 2.14. The summed E-state index contributed by atoms with van der Waals surface area (Å²) in [5.74, 6) is -0.170. The standard InChI is InChI=1S/C18H12ClN5O3/c19-12-5-7-13(8-6-12)24-16(21-22-23-24)10-20-17(25)14-9-11-3-1-2-4-15(11)27-18(14)26/h1-9H,10H2,(H,20,25). The molecule has 9 heteroatoms. The Kier molecular flexibility index (Phi) is 4.39. The summed E-state index contributed by atoms with van der Waals surface area (Å²) in [4.78, 5) is 24.5. The van der Waals surface area contributed by atoms with E-state index in [2.05, 4.69) is 20.8 Å². The van der Waals surface area contributed by atoms with Gasteiger partial charge in [0.25, 0.3) is 5.91 Å². The first kappa shape index (κ1) is 16.9. The Morgan fingerprint density at radius 1 is 1.15 bits per heavy atom. The molecule has 0 aliphatic carbocycles. The van der Waals surface area contributed by atoms with Crippen LogP contribution in [0.1, 0.15) is 16.2 Å². The fourth-order valence-corrected chi connectivity index (χ4v) is 2.70. The molecule has 2 aromatic heterocycles. The summed E-state index contributed by atoms with van der Waals surface area (Å²) in [6.07, 6.45) is 0. The number of hydrogen-bond donors (Lipinski definition) is 1. The van der Waals surface area contributed by atoms with E-state index in [0.717, 1.165) is 0 Å². The van der Waals surface area contributed by atoms with Crippen LogP contribution in [0.4, 0.5) is 0 Å². The van der Waals surface area contributed by atoms with Crippen LogP contribution in [-0.4, -0.2) is 26.1 Å². The van der Waals surface area contributed by atoms with Gasteiger partial charge in [-0.3, -0.25) is 4.79 Å². The van der Waals surface area contributed by atoms with Gasteiger partial charge in [0.1, 0.15) is 11.1 Å². The fraction of sp³-hybridized carbons (Fsp3) is 0.0556. The van der Waals surface area contributed by atoms with Gasteiger partial charge in [-0.2, -0.15) is 4.68 Å². The second-order valence-corrected chi connectivity index (χ2v) is 6.09. The van der Waals surface area contributed by atoms with Crippen molar-refractivity contribution in [3.8, 4) is 5.69 Å². The Hall–Kier alpha value is -3.52. The number of nitrogens with zero attached hydrogens (tertiary/aromatic N) is 4. The van der Waals surface area contributed by atoms with Gasteiger partial charge in [0, 0.05) is 10.4 Å². The van der Waals surface area contributed by atoms with E-state index in [0.29, 0.717) is 27.5 Å². The number of amides is 1. The first-order valence-electron chi connectivity index (χ1n) is 7.96. The summed E-state index contributed by atoms with van der Waals surface area (Å²) < 4.78 is 6.65. The van der Waals surface area contributed by atoms with Crippen LogP contribution in [-0.2, 0) is 6.54 Å². The summed E-state index contributed by atoms with van der Waals surface area (Å²) in [7, 11) is 0. The Labute approximate surface area is 157 Å². The fourth-order valence-electron chi connectivity index (χ4n) is 2.57. The lowest BCUT2D eigenvalue weighted by atomic mass is 10.2. The van der Waals surface area contributed by atoms with Gasteiger partial charge in [-0.25, -0.2) is 4.79 Å². The third-order valence-corrected chi connectivity index (χ3v) is 4.15. The molecule has 0 fully saturated rings. The van der Waals surface area contributed by atoms with Crippen LogP contribution in [0.5, 0.6) is 0 Å². The molecule has 0 saturated heterocycles. The van der Waals surface area contributed by atoms with Crippen LogP contribution >= 0.6 is 11.6 Å². The van der Waals surface area contributed by atoms with E-state index in [9.17, 15) is 9.59 Å². The quantitative estimate of drug-likeness (QED) is 0.544. The lowest BCUT2D eigenvalue weighted by Crippen LogP contribution is -2.29. The van der Waals surface area contributed by atoms with Crippen molar-refractivity contribution in [1.82, 2.24) is 25.5 Å². The molecule has 0 atom stereocenters. The third-order valence-electron chi connectivity index (χ3n) is 3.90. The van der Waals surface area contributed by atoms with Gasteiger partial charge in [0.2, 0.25) is 0 Å². The van der Waals surface area contributed by atoms with Gasteiger partial charge >= 0.3 is 5.63 Å². The number of benzene rings is 2. The zero-order valence-corrected chi connectivity index (χ0v) is 14.6. The summed E-state index contributed by atoms with van der Waals surface area (Å²) in [6, 6.07) is 15.4. The zero-order valence-electron chi connectivity index (χ0n) is 13.8. The number of halogens is 1. The van der Waals surface area contributed by atoms with E-state index in [1.54, 1.807) is 48.5 Å². The van der Waals surface area contributed by atoms with Gasteiger partial charge in [-0.15, -0.1) is 5.10 Å². The number of para-hydroxylation sites is 1. The SMILES string of the molecule is O=C(NCc1nnnn1-c1ccc(Cl)cc1)c1cc2ccccc2oc1=O. The normalized spacial score (nSPS) is 10.9. The molecule has 0 spiro atoms. The highest BCUT2D eigenvalue weighted by Gasteiger charge is 2.15. The van der Waals surface area contributed by atoms with Gasteiger partial charge in [0.05, 0.1) is 12.2 Å². The van der Waals surface area contributed by atoms with Crippen molar-refractivity contribution in [2.75, 3.05) is 0 Å². The van der Waals surface area contributed by atoms with Gasteiger partial charge < -0.3 is 9.73 Å². The van der Waals surface area contributed by atoms with E-state index in [4.69, 9.17) is 16.0 Å². The Morgan fingerprint density at radius 2 is 1.93 bits per heavy atom. The number of aromatic nitrogens is 4. The smallest absolute Gasteiger partial charge is 0.349 e. The second kappa shape index (κ2) is 7.00. The molecule has 0 aliphatic heterocycles. The highest BCUT2D eigenvalue weighted by atomic mass is 35.5. The van der Waals surface area contributed by atoms with Crippen LogP contribution in [0.2, 0.25) is 5.02 Å². The van der Waals surface area contributed by atoms with Crippen LogP contribution in [0.15, 0.2) is 63.8 Å². The highest BCUT2D eigenvalue weighted by molar-refractivity contribution is 6.30. The zero-order chi connectivity index (χ0) is 18.8. The summed E-state index contributed by atoms with van der Waals surface area (Å²) >= 11 is 5.88. The molecule has 0 unspecified atom stereocenters. The molecule has 4 rings (SSSR count). The molecule has 0 radical (unpaired) electrons. The maximum absolute atomic E-state index is 12.4. The van der Waals surface area contributed by atoms with E-state index >= 15 is 0 Å². The van der Waals surface area contributed by atoms with Crippen molar-refractivity contribution in [2.45, 2.75) is 6.54 Å². The number of fused-ring (bicyclic) bond motifs is 1. The first-order chi connectivity index (χ1) is 13.1. The molecular weight excluding hydrogens is 370 g/mol. The molecule has 27 heavy (non-hydrogen) atoms. The predicted octanol–water partition coefficient (Wildman–Crippen LogP) is 2.35. The van der Waals surface area contributed by atoms with Crippen LogP contribution in [0.3, 0.4) is 0 Å². The minimum atomic E-state index is -0.705. The van der Waals surface area contributed by atoms with Gasteiger partial charge in [0.15, 0.2) is 5.82 Å². The topological polar surface area (TPSA) is 103 Å². The van der Waals surface area contributed by atoms with Crippen molar-refractivity contribution < 1.29 is 9.21 Å². The van der Waals surface area contributed by atoms with E-state index in [1.807, 2.05) is 0 Å². The Balaban J connectivity index is 1.55. The summed E-state index contributed by atoms with van der Waals surface area (Å²) in [5.41, 5.74) is 0.326. The van der Waals surface area contributed by atoms with Crippen LogP contribution in [0, 0.1) is 0 Å². The summed E-state index contributed by atoms with van der Waals surface area (Å²) in [6.45, 7) is 0.0285. The maximum Gasteiger partial charge on any atom is 0.349 e. The molecule has 0 bridgehead atoms.